The van der Waals surface area contributed by atoms with E-state index in [4.69, 9.17) is 17.3 Å². The van der Waals surface area contributed by atoms with Crippen LogP contribution in [0.25, 0.3) is 11.1 Å². The molecule has 0 aromatic heterocycles. The van der Waals surface area contributed by atoms with Gasteiger partial charge in [-0.3, -0.25) is 0 Å². The second-order valence-corrected chi connectivity index (χ2v) is 4.33. The monoisotopic (exact) mass is 283 g/mol. The van der Waals surface area contributed by atoms with Crippen LogP contribution in [0.3, 0.4) is 0 Å². The molecule has 3 N–H and O–H groups in total. The van der Waals surface area contributed by atoms with Crippen molar-refractivity contribution < 1.29 is 5.11 Å². The van der Waals surface area contributed by atoms with Gasteiger partial charge in [0.1, 0.15) is 5.75 Å². The van der Waals surface area contributed by atoms with Crippen LogP contribution in [0.5, 0.6) is 5.75 Å². The van der Waals surface area contributed by atoms with Crippen LogP contribution in [0.15, 0.2) is 42.5 Å². The molecule has 0 heterocycles. The molecule has 0 aliphatic rings. The number of aromatic hydroxyl groups is 1. The lowest BCUT2D eigenvalue weighted by atomic mass is 10.0. The minimum absolute atomic E-state index is 0. The standard InChI is InChI=1S/C14H14ClNO.ClH/c15-12-4-2-11(3-5-12)13-9-10(7-8-16)1-6-14(13)17;/h1-6,9,17H,7-8,16H2;1H. The molecular formula is C14H15Cl2NO. The predicted molar refractivity (Wildman–Crippen MR) is 78.6 cm³/mol. The van der Waals surface area contributed by atoms with Crippen LogP contribution in [0.2, 0.25) is 5.02 Å². The van der Waals surface area contributed by atoms with Crippen molar-refractivity contribution >= 4 is 24.0 Å². The van der Waals surface area contributed by atoms with Crippen LogP contribution < -0.4 is 5.73 Å². The third-order valence-corrected chi connectivity index (χ3v) is 2.90. The summed E-state index contributed by atoms with van der Waals surface area (Å²) in [6.45, 7) is 0.602. The maximum atomic E-state index is 9.86. The molecule has 0 fully saturated rings. The van der Waals surface area contributed by atoms with Crippen LogP contribution in [0, 0.1) is 0 Å². The second-order valence-electron chi connectivity index (χ2n) is 3.90. The van der Waals surface area contributed by atoms with Crippen molar-refractivity contribution in [3.8, 4) is 16.9 Å². The molecule has 2 aromatic carbocycles. The van der Waals surface area contributed by atoms with E-state index in [2.05, 4.69) is 0 Å². The van der Waals surface area contributed by atoms with Crippen molar-refractivity contribution in [3.63, 3.8) is 0 Å². The number of benzene rings is 2. The zero-order valence-electron chi connectivity index (χ0n) is 9.77. The average molecular weight is 284 g/mol. The molecule has 0 amide bonds. The molecule has 0 spiro atoms. The third-order valence-electron chi connectivity index (χ3n) is 2.65. The summed E-state index contributed by atoms with van der Waals surface area (Å²) in [7, 11) is 0. The zero-order chi connectivity index (χ0) is 12.3. The van der Waals surface area contributed by atoms with Gasteiger partial charge < -0.3 is 10.8 Å². The van der Waals surface area contributed by atoms with Gasteiger partial charge in [-0.15, -0.1) is 12.4 Å². The largest absolute Gasteiger partial charge is 0.507 e. The van der Waals surface area contributed by atoms with Gasteiger partial charge in [-0.05, 0) is 48.4 Å². The highest BCUT2D eigenvalue weighted by Gasteiger charge is 2.05. The molecule has 0 aliphatic heterocycles. The highest BCUT2D eigenvalue weighted by molar-refractivity contribution is 6.30. The fraction of sp³-hybridized carbons (Fsp3) is 0.143. The first-order valence-corrected chi connectivity index (χ1v) is 5.86. The molecule has 0 radical (unpaired) electrons. The lowest BCUT2D eigenvalue weighted by Gasteiger charge is -2.07. The summed E-state index contributed by atoms with van der Waals surface area (Å²) in [6.07, 6.45) is 0.806. The molecule has 96 valence electrons. The first-order valence-electron chi connectivity index (χ1n) is 5.48. The Bertz CT molecular complexity index is 512. The van der Waals surface area contributed by atoms with Gasteiger partial charge in [0.2, 0.25) is 0 Å². The fourth-order valence-corrected chi connectivity index (χ4v) is 1.89. The molecular weight excluding hydrogens is 269 g/mol. The van der Waals surface area contributed by atoms with E-state index in [0.717, 1.165) is 23.1 Å². The van der Waals surface area contributed by atoms with E-state index in [1.807, 2.05) is 36.4 Å². The first-order chi connectivity index (χ1) is 8.20. The van der Waals surface area contributed by atoms with E-state index in [9.17, 15) is 5.11 Å². The van der Waals surface area contributed by atoms with Crippen LogP contribution in [-0.4, -0.2) is 11.7 Å². The molecule has 0 atom stereocenters. The Morgan fingerprint density at radius 1 is 1.06 bits per heavy atom. The number of nitrogens with two attached hydrogens (primary N) is 1. The van der Waals surface area contributed by atoms with Crippen molar-refractivity contribution in [2.24, 2.45) is 5.73 Å². The molecule has 2 nitrogen and oxygen atoms in total. The summed E-state index contributed by atoms with van der Waals surface area (Å²) in [5.74, 6) is 0.271. The smallest absolute Gasteiger partial charge is 0.123 e. The number of rotatable bonds is 3. The van der Waals surface area contributed by atoms with Crippen LogP contribution >= 0.6 is 24.0 Å². The number of hydrogen-bond donors (Lipinski definition) is 2. The van der Waals surface area contributed by atoms with Crippen molar-refractivity contribution in [2.75, 3.05) is 6.54 Å². The number of hydrogen-bond acceptors (Lipinski definition) is 2. The molecule has 0 bridgehead atoms. The van der Waals surface area contributed by atoms with Crippen molar-refractivity contribution in [1.82, 2.24) is 0 Å². The Labute approximate surface area is 118 Å². The Morgan fingerprint density at radius 3 is 2.33 bits per heavy atom. The summed E-state index contributed by atoms with van der Waals surface area (Å²) in [5.41, 5.74) is 8.41. The number of phenolic OH excluding ortho intramolecular Hbond substituents is 1. The third kappa shape index (κ3) is 3.39. The highest BCUT2D eigenvalue weighted by Crippen LogP contribution is 2.30. The lowest BCUT2D eigenvalue weighted by Crippen LogP contribution is -2.02. The maximum absolute atomic E-state index is 9.86. The van der Waals surface area contributed by atoms with Crippen molar-refractivity contribution in [1.29, 1.82) is 0 Å². The van der Waals surface area contributed by atoms with Crippen LogP contribution in [0.1, 0.15) is 5.56 Å². The van der Waals surface area contributed by atoms with Gasteiger partial charge in [-0.25, -0.2) is 0 Å². The molecule has 2 aromatic rings. The molecule has 0 aliphatic carbocycles. The van der Waals surface area contributed by atoms with E-state index >= 15 is 0 Å². The molecule has 2 rings (SSSR count). The molecule has 0 saturated heterocycles. The maximum Gasteiger partial charge on any atom is 0.123 e. The van der Waals surface area contributed by atoms with Crippen molar-refractivity contribution in [3.05, 3.63) is 53.1 Å². The van der Waals surface area contributed by atoms with Gasteiger partial charge in [-0.1, -0.05) is 29.8 Å². The average Bonchev–Trinajstić information content (AvgIpc) is 2.33. The summed E-state index contributed by atoms with van der Waals surface area (Å²) in [5, 5.41) is 10.5. The van der Waals surface area contributed by atoms with E-state index in [0.29, 0.717) is 11.6 Å². The molecule has 0 unspecified atom stereocenters. The molecule has 0 saturated carbocycles. The lowest BCUT2D eigenvalue weighted by molar-refractivity contribution is 0.477. The van der Waals surface area contributed by atoms with Gasteiger partial charge in [0.25, 0.3) is 0 Å². The van der Waals surface area contributed by atoms with Gasteiger partial charge in [-0.2, -0.15) is 0 Å². The summed E-state index contributed by atoms with van der Waals surface area (Å²) >= 11 is 5.84. The van der Waals surface area contributed by atoms with Gasteiger partial charge in [0, 0.05) is 10.6 Å². The summed E-state index contributed by atoms with van der Waals surface area (Å²) < 4.78 is 0. The number of halogens is 2. The second kappa shape index (κ2) is 6.64. The Morgan fingerprint density at radius 2 is 1.72 bits per heavy atom. The minimum Gasteiger partial charge on any atom is -0.507 e. The van der Waals surface area contributed by atoms with Gasteiger partial charge >= 0.3 is 0 Å². The van der Waals surface area contributed by atoms with Crippen LogP contribution in [0.4, 0.5) is 0 Å². The normalized spacial score (nSPS) is 9.89. The Kier molecular flexibility index (Phi) is 5.48. The highest BCUT2D eigenvalue weighted by atomic mass is 35.5. The van der Waals surface area contributed by atoms with E-state index in [1.54, 1.807) is 6.07 Å². The van der Waals surface area contributed by atoms with E-state index in [1.165, 1.54) is 0 Å². The minimum atomic E-state index is 0. The fourth-order valence-electron chi connectivity index (χ4n) is 1.77. The van der Waals surface area contributed by atoms with Gasteiger partial charge in [0.15, 0.2) is 0 Å². The van der Waals surface area contributed by atoms with E-state index < -0.39 is 0 Å². The molecule has 18 heavy (non-hydrogen) atoms. The first kappa shape index (κ1) is 14.8. The topological polar surface area (TPSA) is 46.2 Å². The Hall–Kier alpha value is -1.22. The Balaban J connectivity index is 0.00000162. The van der Waals surface area contributed by atoms with E-state index in [-0.39, 0.29) is 18.2 Å². The SMILES string of the molecule is Cl.NCCc1ccc(O)c(-c2ccc(Cl)cc2)c1. The molecule has 4 heteroatoms. The van der Waals surface area contributed by atoms with Gasteiger partial charge in [0.05, 0.1) is 0 Å². The summed E-state index contributed by atoms with van der Waals surface area (Å²) in [6, 6.07) is 13.0. The zero-order valence-corrected chi connectivity index (χ0v) is 11.3. The van der Waals surface area contributed by atoms with Crippen molar-refractivity contribution in [2.45, 2.75) is 6.42 Å². The quantitative estimate of drug-likeness (QED) is 0.904. The van der Waals surface area contributed by atoms with Crippen LogP contribution in [-0.2, 0) is 6.42 Å². The predicted octanol–water partition coefficient (Wildman–Crippen LogP) is 3.64. The summed E-state index contributed by atoms with van der Waals surface area (Å²) in [4.78, 5) is 0. The number of phenols is 1.